The van der Waals surface area contributed by atoms with Gasteiger partial charge in [0.05, 0.1) is 22.8 Å². The van der Waals surface area contributed by atoms with Crippen LogP contribution in [0.5, 0.6) is 0 Å². The van der Waals surface area contributed by atoms with Crippen molar-refractivity contribution in [3.63, 3.8) is 0 Å². The maximum absolute atomic E-state index is 12.1. The van der Waals surface area contributed by atoms with E-state index in [1.165, 1.54) is 6.20 Å². The van der Waals surface area contributed by atoms with Crippen molar-refractivity contribution >= 4 is 29.2 Å². The Balaban J connectivity index is 1.75. The van der Waals surface area contributed by atoms with Crippen LogP contribution in [0.3, 0.4) is 0 Å². The summed E-state index contributed by atoms with van der Waals surface area (Å²) in [6.07, 6.45) is 1.49. The second-order valence-electron chi connectivity index (χ2n) is 4.28. The number of anilines is 1. The maximum atomic E-state index is 12.1. The largest absolute Gasteiger partial charge is 0.352 e. The molecule has 100 valence electrons. The molecule has 1 aromatic heterocycles. The molecule has 0 bridgehead atoms. The summed E-state index contributed by atoms with van der Waals surface area (Å²) < 4.78 is 0. The number of rotatable bonds is 3. The summed E-state index contributed by atoms with van der Waals surface area (Å²) >= 11 is 5.74. The van der Waals surface area contributed by atoms with Crippen LogP contribution in [0.4, 0.5) is 5.82 Å². The van der Waals surface area contributed by atoms with E-state index in [0.717, 1.165) is 4.90 Å². The summed E-state index contributed by atoms with van der Waals surface area (Å²) in [5.74, 6) is -0.0508. The van der Waals surface area contributed by atoms with E-state index in [2.05, 4.69) is 10.3 Å². The zero-order valence-corrected chi connectivity index (χ0v) is 11.1. The highest BCUT2D eigenvalue weighted by Gasteiger charge is 2.34. The van der Waals surface area contributed by atoms with Crippen LogP contribution in [0.2, 0.25) is 5.02 Å². The van der Waals surface area contributed by atoms with Crippen molar-refractivity contribution in [3.05, 3.63) is 58.7 Å². The van der Waals surface area contributed by atoms with Crippen LogP contribution < -0.4 is 5.32 Å². The number of halogens is 1. The number of imide groups is 1. The SMILES string of the molecule is O=C1c2ccccc2C(=O)N1CNc1ccc(Cl)cn1. The minimum atomic E-state index is -0.299. The van der Waals surface area contributed by atoms with Crippen molar-refractivity contribution in [2.24, 2.45) is 0 Å². The smallest absolute Gasteiger partial charge is 0.263 e. The predicted octanol–water partition coefficient (Wildman–Crippen LogP) is 2.40. The van der Waals surface area contributed by atoms with E-state index in [1.54, 1.807) is 36.4 Å². The molecule has 0 saturated carbocycles. The molecule has 0 atom stereocenters. The molecule has 2 heterocycles. The fourth-order valence-corrected chi connectivity index (χ4v) is 2.13. The van der Waals surface area contributed by atoms with Gasteiger partial charge in [-0.3, -0.25) is 14.5 Å². The normalized spacial score (nSPS) is 13.6. The van der Waals surface area contributed by atoms with Gasteiger partial charge in [0.15, 0.2) is 0 Å². The molecule has 5 nitrogen and oxygen atoms in total. The van der Waals surface area contributed by atoms with Gasteiger partial charge in [0.2, 0.25) is 0 Å². The van der Waals surface area contributed by atoms with Crippen LogP contribution >= 0.6 is 11.6 Å². The summed E-state index contributed by atoms with van der Waals surface area (Å²) in [6.45, 7) is 0.0704. The topological polar surface area (TPSA) is 62.3 Å². The first-order valence-corrected chi connectivity index (χ1v) is 6.35. The van der Waals surface area contributed by atoms with Gasteiger partial charge in [-0.2, -0.15) is 0 Å². The van der Waals surface area contributed by atoms with Crippen LogP contribution in [0, 0.1) is 0 Å². The zero-order valence-electron chi connectivity index (χ0n) is 10.3. The summed E-state index contributed by atoms with van der Waals surface area (Å²) in [4.78, 5) is 29.4. The predicted molar refractivity (Wildman–Crippen MR) is 74.7 cm³/mol. The molecule has 3 rings (SSSR count). The molecular weight excluding hydrogens is 278 g/mol. The van der Waals surface area contributed by atoms with Gasteiger partial charge in [-0.15, -0.1) is 0 Å². The standard InChI is InChI=1S/C14H10ClN3O2/c15-9-5-6-12(16-7-9)17-8-18-13(19)10-3-1-2-4-11(10)14(18)20/h1-7H,8H2,(H,16,17). The number of carbonyl (C=O) groups is 2. The quantitative estimate of drug-likeness (QED) is 0.881. The second kappa shape index (κ2) is 4.94. The number of aromatic nitrogens is 1. The molecule has 0 saturated heterocycles. The van der Waals surface area contributed by atoms with Crippen molar-refractivity contribution in [2.45, 2.75) is 0 Å². The van der Waals surface area contributed by atoms with E-state index in [0.29, 0.717) is 22.0 Å². The highest BCUT2D eigenvalue weighted by atomic mass is 35.5. The Morgan fingerprint density at radius 1 is 1.05 bits per heavy atom. The summed E-state index contributed by atoms with van der Waals surface area (Å²) in [7, 11) is 0. The zero-order chi connectivity index (χ0) is 14.1. The van der Waals surface area contributed by atoms with Crippen LogP contribution in [0.25, 0.3) is 0 Å². The number of nitrogens with zero attached hydrogens (tertiary/aromatic N) is 2. The lowest BCUT2D eigenvalue weighted by Gasteiger charge is -2.14. The van der Waals surface area contributed by atoms with Gasteiger partial charge in [-0.05, 0) is 24.3 Å². The lowest BCUT2D eigenvalue weighted by atomic mass is 10.1. The van der Waals surface area contributed by atoms with Crippen molar-refractivity contribution < 1.29 is 9.59 Å². The molecule has 0 unspecified atom stereocenters. The highest BCUT2D eigenvalue weighted by molar-refractivity contribution is 6.30. The Hall–Kier alpha value is -2.40. The fraction of sp³-hybridized carbons (Fsp3) is 0.0714. The molecule has 6 heteroatoms. The van der Waals surface area contributed by atoms with Gasteiger partial charge in [-0.1, -0.05) is 23.7 Å². The third-order valence-electron chi connectivity index (χ3n) is 3.02. The Morgan fingerprint density at radius 3 is 2.25 bits per heavy atom. The Labute approximate surface area is 120 Å². The van der Waals surface area contributed by atoms with Gasteiger partial charge >= 0.3 is 0 Å². The third kappa shape index (κ3) is 2.12. The molecule has 1 aliphatic heterocycles. The number of hydrogen-bond acceptors (Lipinski definition) is 4. The van der Waals surface area contributed by atoms with Crippen LogP contribution in [-0.2, 0) is 0 Å². The van der Waals surface area contributed by atoms with E-state index >= 15 is 0 Å². The lowest BCUT2D eigenvalue weighted by molar-refractivity contribution is 0.0665. The minimum Gasteiger partial charge on any atom is -0.352 e. The number of pyridine rings is 1. The number of fused-ring (bicyclic) bond motifs is 1. The van der Waals surface area contributed by atoms with Gasteiger partial charge in [-0.25, -0.2) is 4.98 Å². The second-order valence-corrected chi connectivity index (χ2v) is 4.72. The molecule has 0 spiro atoms. The van der Waals surface area contributed by atoms with Crippen molar-refractivity contribution in [1.29, 1.82) is 0 Å². The summed E-state index contributed by atoms with van der Waals surface area (Å²) in [6, 6.07) is 10.1. The molecule has 1 N–H and O–H groups in total. The number of hydrogen-bond donors (Lipinski definition) is 1. The van der Waals surface area contributed by atoms with Crippen molar-refractivity contribution in [2.75, 3.05) is 12.0 Å². The molecule has 2 aromatic rings. The summed E-state index contributed by atoms with van der Waals surface area (Å²) in [5, 5.41) is 3.45. The van der Waals surface area contributed by atoms with E-state index in [4.69, 9.17) is 11.6 Å². The molecule has 1 aromatic carbocycles. The van der Waals surface area contributed by atoms with Gasteiger partial charge in [0.1, 0.15) is 5.82 Å². The molecule has 2 amide bonds. The lowest BCUT2D eigenvalue weighted by Crippen LogP contribution is -2.34. The average Bonchev–Trinajstić information content (AvgIpc) is 2.71. The fourth-order valence-electron chi connectivity index (χ4n) is 2.02. The monoisotopic (exact) mass is 287 g/mol. The van der Waals surface area contributed by atoms with E-state index < -0.39 is 0 Å². The van der Waals surface area contributed by atoms with Gasteiger partial charge in [0, 0.05) is 6.20 Å². The van der Waals surface area contributed by atoms with Crippen LogP contribution in [0.15, 0.2) is 42.6 Å². The first-order chi connectivity index (χ1) is 9.66. The molecule has 0 fully saturated rings. The molecule has 0 aliphatic carbocycles. The third-order valence-corrected chi connectivity index (χ3v) is 3.25. The number of benzene rings is 1. The first-order valence-electron chi connectivity index (χ1n) is 5.97. The van der Waals surface area contributed by atoms with Gasteiger partial charge < -0.3 is 5.32 Å². The van der Waals surface area contributed by atoms with Crippen LogP contribution in [0.1, 0.15) is 20.7 Å². The van der Waals surface area contributed by atoms with Gasteiger partial charge in [0.25, 0.3) is 11.8 Å². The molecule has 20 heavy (non-hydrogen) atoms. The van der Waals surface area contributed by atoms with E-state index in [1.807, 2.05) is 0 Å². The van der Waals surface area contributed by atoms with Crippen molar-refractivity contribution in [1.82, 2.24) is 9.88 Å². The maximum Gasteiger partial charge on any atom is 0.263 e. The van der Waals surface area contributed by atoms with Crippen LogP contribution in [-0.4, -0.2) is 28.4 Å². The summed E-state index contributed by atoms with van der Waals surface area (Å²) in [5.41, 5.74) is 0.867. The van der Waals surface area contributed by atoms with Crippen molar-refractivity contribution in [3.8, 4) is 0 Å². The van der Waals surface area contributed by atoms with E-state index in [-0.39, 0.29) is 18.5 Å². The molecular formula is C14H10ClN3O2. The molecule has 1 aliphatic rings. The van der Waals surface area contributed by atoms with E-state index in [9.17, 15) is 9.59 Å². The number of carbonyl (C=O) groups excluding carboxylic acids is 2. The Kier molecular flexibility index (Phi) is 3.12. The minimum absolute atomic E-state index is 0.0704. The molecule has 0 radical (unpaired) electrons. The Morgan fingerprint density at radius 2 is 1.70 bits per heavy atom. The highest BCUT2D eigenvalue weighted by Crippen LogP contribution is 2.22. The Bertz CT molecular complexity index is 650. The average molecular weight is 288 g/mol. The number of amides is 2. The number of nitrogens with one attached hydrogen (secondary N) is 1. The first kappa shape index (κ1) is 12.6.